The van der Waals surface area contributed by atoms with Gasteiger partial charge >= 0.3 is 0 Å². The fraction of sp³-hybridized carbons (Fsp3) is 0.556. The van der Waals surface area contributed by atoms with E-state index in [1.165, 1.54) is 6.92 Å². The van der Waals surface area contributed by atoms with E-state index in [-0.39, 0.29) is 23.8 Å². The lowest BCUT2D eigenvalue weighted by Gasteiger charge is -2.12. The van der Waals surface area contributed by atoms with Crippen molar-refractivity contribution in [2.75, 3.05) is 18.2 Å². The monoisotopic (exact) mass is 282 g/mol. The minimum absolute atomic E-state index is 0.000270. The van der Waals surface area contributed by atoms with E-state index in [0.29, 0.717) is 0 Å². The summed E-state index contributed by atoms with van der Waals surface area (Å²) in [5.74, 6) is -1.81. The van der Waals surface area contributed by atoms with Crippen LogP contribution in [0.1, 0.15) is 6.92 Å². The summed E-state index contributed by atoms with van der Waals surface area (Å²) in [4.78, 5) is 22.1. The van der Waals surface area contributed by atoms with Crippen molar-refractivity contribution in [1.29, 1.82) is 0 Å². The van der Waals surface area contributed by atoms with Gasteiger partial charge in [0.2, 0.25) is 11.8 Å². The van der Waals surface area contributed by atoms with Crippen LogP contribution < -0.4 is 11.1 Å². The van der Waals surface area contributed by atoms with Crippen molar-refractivity contribution in [3.8, 4) is 0 Å². The number of hydrogen-bond donors (Lipinski definition) is 2. The second-order valence-corrected chi connectivity index (χ2v) is 6.20. The standard InChI is InChI=1S/C9H15ClN2O4S/c1-6(8(11)13)5-12-9(14)7(2)17(15,16)4-3-10/h7H,1,3-5H2,2H3,(H2,11,13)(H,12,14). The summed E-state index contributed by atoms with van der Waals surface area (Å²) in [5, 5.41) is 1.05. The first-order valence-electron chi connectivity index (χ1n) is 4.75. The van der Waals surface area contributed by atoms with Gasteiger partial charge in [-0.15, -0.1) is 11.6 Å². The third kappa shape index (κ3) is 5.18. The van der Waals surface area contributed by atoms with Gasteiger partial charge in [0, 0.05) is 18.0 Å². The Balaban J connectivity index is 4.43. The Hall–Kier alpha value is -1.08. The van der Waals surface area contributed by atoms with E-state index in [1.807, 2.05) is 0 Å². The fourth-order valence-electron chi connectivity index (χ4n) is 0.872. The number of halogens is 1. The summed E-state index contributed by atoms with van der Waals surface area (Å²) in [6, 6.07) is 0. The molecule has 0 aliphatic heterocycles. The number of primary amides is 1. The van der Waals surface area contributed by atoms with E-state index in [1.54, 1.807) is 0 Å². The molecule has 0 radical (unpaired) electrons. The Bertz CT molecular complexity index is 419. The van der Waals surface area contributed by atoms with Crippen LogP contribution >= 0.6 is 11.6 Å². The minimum Gasteiger partial charge on any atom is -0.366 e. The van der Waals surface area contributed by atoms with Crippen molar-refractivity contribution in [2.24, 2.45) is 5.73 Å². The molecule has 1 unspecified atom stereocenters. The zero-order chi connectivity index (χ0) is 13.6. The zero-order valence-corrected chi connectivity index (χ0v) is 11.0. The van der Waals surface area contributed by atoms with E-state index in [2.05, 4.69) is 11.9 Å². The van der Waals surface area contributed by atoms with Crippen LogP contribution in [0.5, 0.6) is 0 Å². The quantitative estimate of drug-likeness (QED) is 0.470. The molecule has 1 atom stereocenters. The molecule has 0 aromatic heterocycles. The SMILES string of the molecule is C=C(CNC(=O)C(C)S(=O)(=O)CCCl)C(N)=O. The highest BCUT2D eigenvalue weighted by Gasteiger charge is 2.27. The van der Waals surface area contributed by atoms with Gasteiger partial charge in [-0.05, 0) is 6.92 Å². The zero-order valence-electron chi connectivity index (χ0n) is 9.40. The van der Waals surface area contributed by atoms with Crippen molar-refractivity contribution in [1.82, 2.24) is 5.32 Å². The number of carbonyl (C=O) groups excluding carboxylic acids is 2. The van der Waals surface area contributed by atoms with Crippen LogP contribution in [-0.2, 0) is 19.4 Å². The lowest BCUT2D eigenvalue weighted by Crippen LogP contribution is -2.40. The normalized spacial score (nSPS) is 12.8. The number of alkyl halides is 1. The molecule has 0 aliphatic carbocycles. The number of carbonyl (C=O) groups is 2. The molecular weight excluding hydrogens is 268 g/mol. The van der Waals surface area contributed by atoms with Crippen molar-refractivity contribution in [2.45, 2.75) is 12.2 Å². The van der Waals surface area contributed by atoms with E-state index in [0.717, 1.165) is 0 Å². The number of sulfone groups is 1. The maximum atomic E-state index is 11.5. The van der Waals surface area contributed by atoms with E-state index in [4.69, 9.17) is 17.3 Å². The number of hydrogen-bond acceptors (Lipinski definition) is 4. The van der Waals surface area contributed by atoms with Gasteiger partial charge < -0.3 is 11.1 Å². The molecule has 98 valence electrons. The molecule has 8 heteroatoms. The Labute approximate surface area is 105 Å². The largest absolute Gasteiger partial charge is 0.366 e. The van der Waals surface area contributed by atoms with Crippen LogP contribution in [0.25, 0.3) is 0 Å². The predicted octanol–water partition coefficient (Wildman–Crippen LogP) is -0.814. The van der Waals surface area contributed by atoms with Crippen molar-refractivity contribution < 1.29 is 18.0 Å². The smallest absolute Gasteiger partial charge is 0.245 e. The van der Waals surface area contributed by atoms with E-state index >= 15 is 0 Å². The minimum atomic E-state index is -3.57. The number of amides is 2. The molecular formula is C9H15ClN2O4S. The molecule has 0 saturated heterocycles. The summed E-state index contributed by atoms with van der Waals surface area (Å²) in [7, 11) is -3.57. The lowest BCUT2D eigenvalue weighted by molar-refractivity contribution is -0.120. The van der Waals surface area contributed by atoms with Gasteiger partial charge in [0.15, 0.2) is 9.84 Å². The highest BCUT2D eigenvalue weighted by Crippen LogP contribution is 2.03. The van der Waals surface area contributed by atoms with Gasteiger partial charge in [0.25, 0.3) is 0 Å². The predicted molar refractivity (Wildman–Crippen MR) is 65.3 cm³/mol. The third-order valence-corrected chi connectivity index (χ3v) is 4.57. The molecule has 2 amide bonds. The summed E-state index contributed by atoms with van der Waals surface area (Å²) < 4.78 is 23.0. The second-order valence-electron chi connectivity index (χ2n) is 3.38. The molecule has 0 aliphatic rings. The van der Waals surface area contributed by atoms with Gasteiger partial charge in [-0.2, -0.15) is 0 Å². The molecule has 0 fully saturated rings. The molecule has 17 heavy (non-hydrogen) atoms. The Morgan fingerprint density at radius 2 is 2.00 bits per heavy atom. The summed E-state index contributed by atoms with van der Waals surface area (Å²) >= 11 is 5.32. The Morgan fingerprint density at radius 3 is 2.41 bits per heavy atom. The molecule has 0 aromatic rings. The molecule has 0 saturated carbocycles. The van der Waals surface area contributed by atoms with Gasteiger partial charge in [0.1, 0.15) is 5.25 Å². The molecule has 6 nitrogen and oxygen atoms in total. The first-order chi connectivity index (χ1) is 7.72. The first-order valence-corrected chi connectivity index (χ1v) is 7.00. The van der Waals surface area contributed by atoms with E-state index < -0.39 is 26.9 Å². The average Bonchev–Trinajstić information content (AvgIpc) is 2.23. The molecule has 0 heterocycles. The van der Waals surface area contributed by atoms with Crippen LogP contribution in [0.4, 0.5) is 0 Å². The summed E-state index contributed by atoms with van der Waals surface area (Å²) in [5.41, 5.74) is 4.91. The molecule has 3 N–H and O–H groups in total. The third-order valence-electron chi connectivity index (χ3n) is 2.09. The van der Waals surface area contributed by atoms with Crippen molar-refractivity contribution in [3.05, 3.63) is 12.2 Å². The Morgan fingerprint density at radius 1 is 1.47 bits per heavy atom. The maximum absolute atomic E-state index is 11.5. The summed E-state index contributed by atoms with van der Waals surface area (Å²) in [6.45, 7) is 4.41. The highest BCUT2D eigenvalue weighted by molar-refractivity contribution is 7.92. The summed E-state index contributed by atoms with van der Waals surface area (Å²) in [6.07, 6.45) is 0. The van der Waals surface area contributed by atoms with E-state index in [9.17, 15) is 18.0 Å². The lowest BCUT2D eigenvalue weighted by atomic mass is 10.3. The molecule has 0 rings (SSSR count). The van der Waals surface area contributed by atoms with Crippen LogP contribution in [0.3, 0.4) is 0 Å². The molecule has 0 spiro atoms. The average molecular weight is 283 g/mol. The van der Waals surface area contributed by atoms with Gasteiger partial charge in [0.05, 0.1) is 5.75 Å². The number of nitrogens with two attached hydrogens (primary N) is 1. The Kier molecular flexibility index (Phi) is 6.19. The number of nitrogens with one attached hydrogen (secondary N) is 1. The topological polar surface area (TPSA) is 106 Å². The van der Waals surface area contributed by atoms with Crippen LogP contribution in [0, 0.1) is 0 Å². The van der Waals surface area contributed by atoms with Crippen LogP contribution in [0.15, 0.2) is 12.2 Å². The van der Waals surface area contributed by atoms with Crippen LogP contribution in [-0.4, -0.2) is 43.7 Å². The number of rotatable bonds is 7. The van der Waals surface area contributed by atoms with Crippen molar-refractivity contribution in [3.63, 3.8) is 0 Å². The van der Waals surface area contributed by atoms with Crippen molar-refractivity contribution >= 4 is 33.3 Å². The van der Waals surface area contributed by atoms with Gasteiger partial charge in [-0.1, -0.05) is 6.58 Å². The fourth-order valence-corrected chi connectivity index (χ4v) is 2.50. The maximum Gasteiger partial charge on any atom is 0.245 e. The molecule has 0 aromatic carbocycles. The van der Waals surface area contributed by atoms with Crippen LogP contribution in [0.2, 0.25) is 0 Å². The second kappa shape index (κ2) is 6.61. The highest BCUT2D eigenvalue weighted by atomic mass is 35.5. The van der Waals surface area contributed by atoms with Gasteiger partial charge in [-0.25, -0.2) is 8.42 Å². The van der Waals surface area contributed by atoms with Gasteiger partial charge in [-0.3, -0.25) is 9.59 Å². The first kappa shape index (κ1) is 15.9. The molecule has 0 bridgehead atoms.